The maximum atomic E-state index is 11.8. The first-order valence-corrected chi connectivity index (χ1v) is 7.77. The van der Waals surface area contributed by atoms with Gasteiger partial charge in [-0.25, -0.2) is 0 Å². The van der Waals surface area contributed by atoms with Crippen molar-refractivity contribution in [2.45, 2.75) is 26.7 Å². The van der Waals surface area contributed by atoms with E-state index < -0.39 is 0 Å². The molecule has 1 fully saturated rings. The third-order valence-corrected chi connectivity index (χ3v) is 3.99. The van der Waals surface area contributed by atoms with Gasteiger partial charge < -0.3 is 15.2 Å². The number of aromatic nitrogens is 1. The second-order valence-electron chi connectivity index (χ2n) is 6.05. The Hall–Kier alpha value is -1.00. The second kappa shape index (κ2) is 7.14. The number of likely N-dealkylation sites (tertiary alicyclic amines) is 1. The van der Waals surface area contributed by atoms with Crippen molar-refractivity contribution in [1.29, 1.82) is 0 Å². The Morgan fingerprint density at radius 3 is 2.75 bits per heavy atom. The Morgan fingerprint density at radius 2 is 2.15 bits per heavy atom. The van der Waals surface area contributed by atoms with E-state index in [0.29, 0.717) is 17.3 Å². The summed E-state index contributed by atoms with van der Waals surface area (Å²) in [4.78, 5) is 17.2. The van der Waals surface area contributed by atoms with E-state index in [4.69, 9.17) is 11.6 Å². The number of hydrogen-bond acceptors (Lipinski definition) is 2. The summed E-state index contributed by atoms with van der Waals surface area (Å²) in [5.41, 5.74) is 0.523. The van der Waals surface area contributed by atoms with Crippen molar-refractivity contribution in [1.82, 2.24) is 15.2 Å². The maximum absolute atomic E-state index is 11.8. The van der Waals surface area contributed by atoms with Gasteiger partial charge in [0.05, 0.1) is 5.02 Å². The van der Waals surface area contributed by atoms with E-state index in [9.17, 15) is 4.79 Å². The van der Waals surface area contributed by atoms with Gasteiger partial charge in [0.25, 0.3) is 5.91 Å². The van der Waals surface area contributed by atoms with Crippen molar-refractivity contribution < 1.29 is 4.79 Å². The molecule has 4 nitrogen and oxygen atoms in total. The van der Waals surface area contributed by atoms with Crippen LogP contribution in [0, 0.1) is 11.8 Å². The standard InChI is InChI=1S/C15H24ClN3O/c1-11-6-12(2)10-19(9-11)5-3-4-17-15(20)14-7-13(16)8-18-14/h7-8,11-12,18H,3-6,9-10H2,1-2H3,(H,17,20). The minimum absolute atomic E-state index is 0.0859. The highest BCUT2D eigenvalue weighted by Crippen LogP contribution is 2.20. The topological polar surface area (TPSA) is 48.1 Å². The normalized spacial score (nSPS) is 23.8. The van der Waals surface area contributed by atoms with Gasteiger partial charge in [0, 0.05) is 25.8 Å². The number of halogens is 1. The highest BCUT2D eigenvalue weighted by atomic mass is 35.5. The van der Waals surface area contributed by atoms with Gasteiger partial charge in [0.15, 0.2) is 0 Å². The Kier molecular flexibility index (Phi) is 5.49. The number of carbonyl (C=O) groups is 1. The van der Waals surface area contributed by atoms with Crippen molar-refractivity contribution in [3.05, 3.63) is 23.0 Å². The molecule has 2 rings (SSSR count). The summed E-state index contributed by atoms with van der Waals surface area (Å²) in [5.74, 6) is 1.49. The highest BCUT2D eigenvalue weighted by molar-refractivity contribution is 6.30. The second-order valence-corrected chi connectivity index (χ2v) is 6.48. The number of H-pyrrole nitrogens is 1. The van der Waals surface area contributed by atoms with Crippen LogP contribution >= 0.6 is 11.6 Å². The van der Waals surface area contributed by atoms with Crippen LogP contribution in [0.5, 0.6) is 0 Å². The third-order valence-electron chi connectivity index (χ3n) is 3.77. The van der Waals surface area contributed by atoms with Crippen molar-refractivity contribution in [3.63, 3.8) is 0 Å². The van der Waals surface area contributed by atoms with Crippen LogP contribution in [0.3, 0.4) is 0 Å². The van der Waals surface area contributed by atoms with E-state index in [0.717, 1.165) is 24.8 Å². The SMILES string of the molecule is CC1CC(C)CN(CCCNC(=O)c2cc(Cl)c[nH]2)C1. The van der Waals surface area contributed by atoms with Crippen LogP contribution in [-0.2, 0) is 0 Å². The fourth-order valence-electron chi connectivity index (χ4n) is 3.07. The van der Waals surface area contributed by atoms with E-state index in [-0.39, 0.29) is 5.91 Å². The lowest BCUT2D eigenvalue weighted by Crippen LogP contribution is -2.40. The number of rotatable bonds is 5. The van der Waals surface area contributed by atoms with Gasteiger partial charge in [-0.05, 0) is 37.3 Å². The Bertz CT molecular complexity index is 436. The molecule has 1 amide bonds. The highest BCUT2D eigenvalue weighted by Gasteiger charge is 2.21. The largest absolute Gasteiger partial charge is 0.356 e. The van der Waals surface area contributed by atoms with Crippen LogP contribution in [0.15, 0.2) is 12.3 Å². The molecule has 5 heteroatoms. The summed E-state index contributed by atoms with van der Waals surface area (Å²) < 4.78 is 0. The predicted molar refractivity (Wildman–Crippen MR) is 82.1 cm³/mol. The van der Waals surface area contributed by atoms with E-state index in [2.05, 4.69) is 29.0 Å². The van der Waals surface area contributed by atoms with E-state index >= 15 is 0 Å². The quantitative estimate of drug-likeness (QED) is 0.821. The molecule has 2 atom stereocenters. The summed E-state index contributed by atoms with van der Waals surface area (Å²) in [6.45, 7) is 8.77. The van der Waals surface area contributed by atoms with Gasteiger partial charge in [-0.3, -0.25) is 4.79 Å². The zero-order chi connectivity index (χ0) is 14.5. The molecule has 0 bridgehead atoms. The van der Waals surface area contributed by atoms with Gasteiger partial charge >= 0.3 is 0 Å². The first-order valence-electron chi connectivity index (χ1n) is 7.39. The molecular formula is C15H24ClN3O. The molecule has 0 saturated carbocycles. The molecule has 2 unspecified atom stereocenters. The first kappa shape index (κ1) is 15.4. The predicted octanol–water partition coefficient (Wildman–Crippen LogP) is 2.77. The first-order chi connectivity index (χ1) is 9.54. The molecule has 1 saturated heterocycles. The number of nitrogens with one attached hydrogen (secondary N) is 2. The molecule has 1 aliphatic heterocycles. The molecule has 0 aliphatic carbocycles. The Balaban J connectivity index is 1.65. The minimum atomic E-state index is -0.0859. The van der Waals surface area contributed by atoms with Gasteiger partial charge in [-0.15, -0.1) is 0 Å². The Labute approximate surface area is 125 Å². The number of carbonyl (C=O) groups excluding carboxylic acids is 1. The number of amides is 1. The van der Waals surface area contributed by atoms with Crippen LogP contribution in [0.1, 0.15) is 37.2 Å². The monoisotopic (exact) mass is 297 g/mol. The summed E-state index contributed by atoms with van der Waals surface area (Å²) in [6, 6.07) is 1.64. The molecule has 0 radical (unpaired) electrons. The smallest absolute Gasteiger partial charge is 0.267 e. The maximum Gasteiger partial charge on any atom is 0.267 e. The molecule has 0 aromatic carbocycles. The lowest BCUT2D eigenvalue weighted by Gasteiger charge is -2.34. The van der Waals surface area contributed by atoms with Gasteiger partial charge in [0.1, 0.15) is 5.69 Å². The van der Waals surface area contributed by atoms with Crippen LogP contribution in [0.2, 0.25) is 5.02 Å². The number of piperidine rings is 1. The molecule has 2 heterocycles. The average molecular weight is 298 g/mol. The van der Waals surface area contributed by atoms with E-state index in [1.807, 2.05) is 0 Å². The van der Waals surface area contributed by atoms with Gasteiger partial charge in [0.2, 0.25) is 0 Å². The molecule has 112 valence electrons. The van der Waals surface area contributed by atoms with Crippen molar-refractivity contribution in [2.24, 2.45) is 11.8 Å². The summed E-state index contributed by atoms with van der Waals surface area (Å²) in [5, 5.41) is 3.48. The molecule has 1 aromatic heterocycles. The lowest BCUT2D eigenvalue weighted by atomic mass is 9.92. The zero-order valence-corrected chi connectivity index (χ0v) is 13.0. The van der Waals surface area contributed by atoms with E-state index in [1.54, 1.807) is 12.3 Å². The van der Waals surface area contributed by atoms with Crippen molar-refractivity contribution in [2.75, 3.05) is 26.2 Å². The molecule has 20 heavy (non-hydrogen) atoms. The van der Waals surface area contributed by atoms with E-state index in [1.165, 1.54) is 19.5 Å². The molecule has 2 N–H and O–H groups in total. The summed E-state index contributed by atoms with van der Waals surface area (Å²) in [7, 11) is 0. The molecule has 0 spiro atoms. The van der Waals surface area contributed by atoms with Crippen LogP contribution in [0.4, 0.5) is 0 Å². The molecule has 1 aromatic rings. The fraction of sp³-hybridized carbons (Fsp3) is 0.667. The average Bonchev–Trinajstić information content (AvgIpc) is 2.80. The minimum Gasteiger partial charge on any atom is -0.356 e. The number of aromatic amines is 1. The third kappa shape index (κ3) is 4.53. The fourth-order valence-corrected chi connectivity index (χ4v) is 3.24. The van der Waals surface area contributed by atoms with Gasteiger partial charge in [-0.1, -0.05) is 25.4 Å². The van der Waals surface area contributed by atoms with Crippen LogP contribution < -0.4 is 5.32 Å². The summed E-state index contributed by atoms with van der Waals surface area (Å²) in [6.07, 6.45) is 3.94. The Morgan fingerprint density at radius 1 is 1.45 bits per heavy atom. The number of hydrogen-bond donors (Lipinski definition) is 2. The lowest BCUT2D eigenvalue weighted by molar-refractivity contribution is 0.0943. The van der Waals surface area contributed by atoms with Crippen molar-refractivity contribution in [3.8, 4) is 0 Å². The van der Waals surface area contributed by atoms with Gasteiger partial charge in [-0.2, -0.15) is 0 Å². The molecule has 1 aliphatic rings. The number of nitrogens with zero attached hydrogens (tertiary/aromatic N) is 1. The van der Waals surface area contributed by atoms with Crippen LogP contribution in [0.25, 0.3) is 0 Å². The van der Waals surface area contributed by atoms with Crippen molar-refractivity contribution >= 4 is 17.5 Å². The van der Waals surface area contributed by atoms with Crippen LogP contribution in [-0.4, -0.2) is 42.0 Å². The summed E-state index contributed by atoms with van der Waals surface area (Å²) >= 11 is 5.78. The molecular weight excluding hydrogens is 274 g/mol. The zero-order valence-electron chi connectivity index (χ0n) is 12.3.